The molecule has 0 aliphatic heterocycles. The van der Waals surface area contributed by atoms with Crippen LogP contribution in [0.2, 0.25) is 0 Å². The van der Waals surface area contributed by atoms with E-state index in [4.69, 9.17) is 5.73 Å². The van der Waals surface area contributed by atoms with Gasteiger partial charge in [0, 0.05) is 17.0 Å². The molecule has 0 spiro atoms. The zero-order valence-corrected chi connectivity index (χ0v) is 9.42. The van der Waals surface area contributed by atoms with Gasteiger partial charge in [0.1, 0.15) is 10.8 Å². The molecule has 0 radical (unpaired) electrons. The predicted octanol–water partition coefficient (Wildman–Crippen LogP) is 2.12. The maximum Gasteiger partial charge on any atom is 0.269 e. The van der Waals surface area contributed by atoms with Crippen LogP contribution in [-0.2, 0) is 0 Å². The standard InChI is InChI=1S/C10H8N4O2S/c11-9-5-12-6-10(13-9)17-8-3-1-7(2-4-8)14(15)16/h1-6H,(H2,11,13). The summed E-state index contributed by atoms with van der Waals surface area (Å²) >= 11 is 1.35. The summed E-state index contributed by atoms with van der Waals surface area (Å²) in [6, 6.07) is 6.21. The third kappa shape index (κ3) is 2.91. The molecule has 0 atom stereocenters. The molecule has 1 aromatic carbocycles. The molecule has 1 heterocycles. The van der Waals surface area contributed by atoms with Gasteiger partial charge in [-0.25, -0.2) is 4.98 Å². The fourth-order valence-electron chi connectivity index (χ4n) is 1.17. The van der Waals surface area contributed by atoms with E-state index >= 15 is 0 Å². The molecular weight excluding hydrogens is 240 g/mol. The summed E-state index contributed by atoms with van der Waals surface area (Å²) in [7, 11) is 0. The molecule has 0 unspecified atom stereocenters. The van der Waals surface area contributed by atoms with E-state index in [1.165, 1.54) is 30.1 Å². The molecule has 0 aliphatic rings. The first-order chi connectivity index (χ1) is 8.15. The largest absolute Gasteiger partial charge is 0.382 e. The van der Waals surface area contributed by atoms with Gasteiger partial charge < -0.3 is 5.73 Å². The molecule has 2 rings (SSSR count). The van der Waals surface area contributed by atoms with Crippen molar-refractivity contribution in [2.24, 2.45) is 0 Å². The Bertz CT molecular complexity index is 544. The molecular formula is C10H8N4O2S. The molecule has 0 saturated carbocycles. The fraction of sp³-hybridized carbons (Fsp3) is 0. The van der Waals surface area contributed by atoms with Gasteiger partial charge in [-0.15, -0.1) is 0 Å². The lowest BCUT2D eigenvalue weighted by molar-refractivity contribution is -0.384. The van der Waals surface area contributed by atoms with Gasteiger partial charge >= 0.3 is 0 Å². The van der Waals surface area contributed by atoms with Crippen LogP contribution in [-0.4, -0.2) is 14.9 Å². The van der Waals surface area contributed by atoms with Gasteiger partial charge in [-0.05, 0) is 12.1 Å². The highest BCUT2D eigenvalue weighted by Crippen LogP contribution is 2.27. The van der Waals surface area contributed by atoms with E-state index in [0.29, 0.717) is 10.8 Å². The minimum Gasteiger partial charge on any atom is -0.382 e. The second-order valence-corrected chi connectivity index (χ2v) is 4.23. The van der Waals surface area contributed by atoms with Gasteiger partial charge in [-0.3, -0.25) is 15.1 Å². The molecule has 0 aliphatic carbocycles. The Morgan fingerprint density at radius 2 is 1.94 bits per heavy atom. The van der Waals surface area contributed by atoms with E-state index in [-0.39, 0.29) is 5.69 Å². The van der Waals surface area contributed by atoms with E-state index in [2.05, 4.69) is 9.97 Å². The van der Waals surface area contributed by atoms with Crippen LogP contribution in [0.15, 0.2) is 46.6 Å². The smallest absolute Gasteiger partial charge is 0.269 e. The van der Waals surface area contributed by atoms with Crippen molar-refractivity contribution < 1.29 is 4.92 Å². The quantitative estimate of drug-likeness (QED) is 0.660. The Hall–Kier alpha value is -2.15. The number of nitrogen functional groups attached to an aromatic ring is 1. The number of anilines is 1. The highest BCUT2D eigenvalue weighted by Gasteiger charge is 2.05. The first-order valence-corrected chi connectivity index (χ1v) is 5.46. The van der Waals surface area contributed by atoms with E-state index in [1.807, 2.05) is 0 Å². The van der Waals surface area contributed by atoms with Crippen LogP contribution in [0.5, 0.6) is 0 Å². The lowest BCUT2D eigenvalue weighted by atomic mass is 10.3. The summed E-state index contributed by atoms with van der Waals surface area (Å²) in [6.07, 6.45) is 3.04. The van der Waals surface area contributed by atoms with Crippen molar-refractivity contribution >= 4 is 23.3 Å². The van der Waals surface area contributed by atoms with E-state index in [0.717, 1.165) is 4.90 Å². The molecule has 0 saturated heterocycles. The van der Waals surface area contributed by atoms with Crippen LogP contribution in [0.4, 0.5) is 11.5 Å². The molecule has 2 aromatic rings. The van der Waals surface area contributed by atoms with E-state index in [1.54, 1.807) is 18.3 Å². The third-order valence-corrected chi connectivity index (χ3v) is 2.81. The number of benzene rings is 1. The van der Waals surface area contributed by atoms with Crippen LogP contribution < -0.4 is 5.73 Å². The van der Waals surface area contributed by atoms with Crippen molar-refractivity contribution in [3.05, 3.63) is 46.8 Å². The topological polar surface area (TPSA) is 94.9 Å². The lowest BCUT2D eigenvalue weighted by Gasteiger charge is -2.00. The Balaban J connectivity index is 2.16. The summed E-state index contributed by atoms with van der Waals surface area (Å²) in [4.78, 5) is 18.9. The summed E-state index contributed by atoms with van der Waals surface area (Å²) in [6.45, 7) is 0. The number of aromatic nitrogens is 2. The second-order valence-electron chi connectivity index (χ2n) is 3.14. The van der Waals surface area contributed by atoms with Gasteiger partial charge in [0.05, 0.1) is 17.3 Å². The van der Waals surface area contributed by atoms with Crippen molar-refractivity contribution in [2.45, 2.75) is 9.92 Å². The molecule has 86 valence electrons. The number of nitro benzene ring substituents is 1. The maximum atomic E-state index is 10.5. The first kappa shape index (κ1) is 11.3. The van der Waals surface area contributed by atoms with Gasteiger partial charge in [0.25, 0.3) is 5.69 Å². The third-order valence-electron chi connectivity index (χ3n) is 1.90. The van der Waals surface area contributed by atoms with Crippen molar-refractivity contribution in [2.75, 3.05) is 5.73 Å². The van der Waals surface area contributed by atoms with Crippen molar-refractivity contribution in [3.8, 4) is 0 Å². The van der Waals surface area contributed by atoms with E-state index < -0.39 is 4.92 Å². The average molecular weight is 248 g/mol. The Morgan fingerprint density at radius 3 is 2.53 bits per heavy atom. The number of nitrogens with zero attached hydrogens (tertiary/aromatic N) is 3. The van der Waals surface area contributed by atoms with Crippen molar-refractivity contribution in [1.29, 1.82) is 0 Å². The summed E-state index contributed by atoms with van der Waals surface area (Å²) < 4.78 is 0. The van der Waals surface area contributed by atoms with Crippen LogP contribution in [0.1, 0.15) is 0 Å². The number of nitrogens with two attached hydrogens (primary N) is 1. The monoisotopic (exact) mass is 248 g/mol. The highest BCUT2D eigenvalue weighted by atomic mass is 32.2. The zero-order valence-electron chi connectivity index (χ0n) is 8.61. The molecule has 0 amide bonds. The van der Waals surface area contributed by atoms with Gasteiger partial charge in [-0.2, -0.15) is 0 Å². The molecule has 7 heteroatoms. The molecule has 6 nitrogen and oxygen atoms in total. The Kier molecular flexibility index (Phi) is 3.20. The lowest BCUT2D eigenvalue weighted by Crippen LogP contribution is -1.92. The Morgan fingerprint density at radius 1 is 1.24 bits per heavy atom. The van der Waals surface area contributed by atoms with Crippen molar-refractivity contribution in [3.63, 3.8) is 0 Å². The van der Waals surface area contributed by atoms with Gasteiger partial charge in [0.2, 0.25) is 0 Å². The van der Waals surface area contributed by atoms with Crippen LogP contribution in [0, 0.1) is 10.1 Å². The number of non-ortho nitro benzene ring substituents is 1. The highest BCUT2D eigenvalue weighted by molar-refractivity contribution is 7.99. The summed E-state index contributed by atoms with van der Waals surface area (Å²) in [5.74, 6) is 0.344. The SMILES string of the molecule is Nc1cncc(Sc2ccc([N+](=O)[O-])cc2)n1. The van der Waals surface area contributed by atoms with Crippen LogP contribution in [0.25, 0.3) is 0 Å². The number of hydrogen-bond acceptors (Lipinski definition) is 6. The molecule has 17 heavy (non-hydrogen) atoms. The number of nitro groups is 1. The second kappa shape index (κ2) is 4.79. The first-order valence-electron chi connectivity index (χ1n) is 4.65. The molecule has 0 fully saturated rings. The van der Waals surface area contributed by atoms with Crippen LogP contribution in [0.3, 0.4) is 0 Å². The fourth-order valence-corrected chi connectivity index (χ4v) is 1.95. The summed E-state index contributed by atoms with van der Waals surface area (Å²) in [5.41, 5.74) is 5.56. The zero-order chi connectivity index (χ0) is 12.3. The van der Waals surface area contributed by atoms with Crippen molar-refractivity contribution in [1.82, 2.24) is 9.97 Å². The van der Waals surface area contributed by atoms with Gasteiger partial charge in [0.15, 0.2) is 0 Å². The summed E-state index contributed by atoms with van der Waals surface area (Å²) in [5, 5.41) is 11.1. The van der Waals surface area contributed by atoms with Gasteiger partial charge in [-0.1, -0.05) is 11.8 Å². The van der Waals surface area contributed by atoms with E-state index in [9.17, 15) is 10.1 Å². The minimum atomic E-state index is -0.436. The predicted molar refractivity (Wildman–Crippen MR) is 63.7 cm³/mol. The normalized spacial score (nSPS) is 10.1. The number of rotatable bonds is 3. The Labute approximate surface area is 101 Å². The average Bonchev–Trinajstić information content (AvgIpc) is 2.29. The molecule has 1 aromatic heterocycles. The molecule has 0 bridgehead atoms. The molecule has 2 N–H and O–H groups in total. The van der Waals surface area contributed by atoms with Crippen LogP contribution >= 0.6 is 11.8 Å². The number of hydrogen-bond donors (Lipinski definition) is 1. The maximum absolute atomic E-state index is 10.5. The minimum absolute atomic E-state index is 0.0630.